The number of phenols is 1. The van der Waals surface area contributed by atoms with E-state index < -0.39 is 0 Å². The predicted molar refractivity (Wildman–Crippen MR) is 91.7 cm³/mol. The van der Waals surface area contributed by atoms with Crippen LogP contribution in [-0.2, 0) is 6.42 Å². The van der Waals surface area contributed by atoms with Gasteiger partial charge in [0, 0.05) is 17.2 Å². The van der Waals surface area contributed by atoms with E-state index in [1.165, 1.54) is 0 Å². The maximum Gasteiger partial charge on any atom is 0.128 e. The molecular formula is C19H20N2O2. The topological polar surface area (TPSA) is 58.1 Å². The normalized spacial score (nSPS) is 10.7. The maximum atomic E-state index is 10.5. The fourth-order valence-corrected chi connectivity index (χ4v) is 2.71. The molecule has 23 heavy (non-hydrogen) atoms. The quantitative estimate of drug-likeness (QED) is 0.734. The van der Waals surface area contributed by atoms with Gasteiger partial charge in [-0.3, -0.25) is 5.10 Å². The number of rotatable bonds is 5. The molecule has 0 atom stereocenters. The number of aromatic hydroxyl groups is 1. The fourth-order valence-electron chi connectivity index (χ4n) is 2.71. The SMILES string of the molecule is CCOc1cc(O)c(-c2[nH]ncc2-c2ccccc2)cc1CC. The molecule has 4 nitrogen and oxygen atoms in total. The summed E-state index contributed by atoms with van der Waals surface area (Å²) in [4.78, 5) is 0. The molecular weight excluding hydrogens is 288 g/mol. The Morgan fingerprint density at radius 1 is 1.09 bits per heavy atom. The number of hydrogen-bond donors (Lipinski definition) is 2. The van der Waals surface area contributed by atoms with Gasteiger partial charge in [0.1, 0.15) is 11.5 Å². The molecule has 2 N–H and O–H groups in total. The maximum absolute atomic E-state index is 10.5. The lowest BCUT2D eigenvalue weighted by Crippen LogP contribution is -1.97. The summed E-state index contributed by atoms with van der Waals surface area (Å²) >= 11 is 0. The van der Waals surface area contributed by atoms with Crippen LogP contribution in [0.4, 0.5) is 0 Å². The number of aromatic amines is 1. The van der Waals surface area contributed by atoms with Gasteiger partial charge in [0.25, 0.3) is 0 Å². The van der Waals surface area contributed by atoms with Crippen molar-refractivity contribution in [2.24, 2.45) is 0 Å². The number of aromatic nitrogens is 2. The second-order valence-corrected chi connectivity index (χ2v) is 5.29. The highest BCUT2D eigenvalue weighted by Crippen LogP contribution is 2.39. The summed E-state index contributed by atoms with van der Waals surface area (Å²) in [7, 11) is 0. The second-order valence-electron chi connectivity index (χ2n) is 5.29. The summed E-state index contributed by atoms with van der Waals surface area (Å²) in [5.74, 6) is 0.920. The van der Waals surface area contributed by atoms with Crippen molar-refractivity contribution in [2.75, 3.05) is 6.61 Å². The highest BCUT2D eigenvalue weighted by Gasteiger charge is 2.16. The first kappa shape index (κ1) is 15.2. The Balaban J connectivity index is 2.12. The van der Waals surface area contributed by atoms with Crippen molar-refractivity contribution in [1.29, 1.82) is 0 Å². The fraction of sp³-hybridized carbons (Fsp3) is 0.211. The lowest BCUT2D eigenvalue weighted by Gasteiger charge is -2.13. The minimum atomic E-state index is 0.187. The molecule has 3 aromatic rings. The van der Waals surface area contributed by atoms with Crippen LogP contribution in [0.25, 0.3) is 22.4 Å². The average Bonchev–Trinajstić information content (AvgIpc) is 3.05. The number of phenolic OH excluding ortho intramolecular Hbond substituents is 1. The molecule has 0 unspecified atom stereocenters. The third kappa shape index (κ3) is 2.93. The molecule has 0 amide bonds. The molecule has 0 aliphatic carbocycles. The first-order valence-electron chi connectivity index (χ1n) is 7.82. The number of ether oxygens (including phenoxy) is 1. The molecule has 0 aliphatic heterocycles. The summed E-state index contributed by atoms with van der Waals surface area (Å²) in [6.07, 6.45) is 2.61. The number of nitrogens with one attached hydrogen (secondary N) is 1. The molecule has 118 valence electrons. The molecule has 0 saturated carbocycles. The average molecular weight is 308 g/mol. The van der Waals surface area contributed by atoms with E-state index >= 15 is 0 Å². The predicted octanol–water partition coefficient (Wildman–Crippen LogP) is 4.41. The van der Waals surface area contributed by atoms with Crippen LogP contribution in [0.2, 0.25) is 0 Å². The van der Waals surface area contributed by atoms with E-state index in [1.54, 1.807) is 12.3 Å². The zero-order valence-corrected chi connectivity index (χ0v) is 13.3. The van der Waals surface area contributed by atoms with Crippen molar-refractivity contribution in [2.45, 2.75) is 20.3 Å². The Morgan fingerprint density at radius 2 is 1.87 bits per heavy atom. The Labute approximate surface area is 135 Å². The van der Waals surface area contributed by atoms with Gasteiger partial charge in [-0.2, -0.15) is 5.10 Å². The molecule has 2 aromatic carbocycles. The molecule has 1 heterocycles. The van der Waals surface area contributed by atoms with E-state index in [4.69, 9.17) is 4.74 Å². The van der Waals surface area contributed by atoms with Crippen LogP contribution in [-0.4, -0.2) is 21.9 Å². The third-order valence-electron chi connectivity index (χ3n) is 3.85. The van der Waals surface area contributed by atoms with Gasteiger partial charge < -0.3 is 9.84 Å². The summed E-state index contributed by atoms with van der Waals surface area (Å²) in [5.41, 5.74) is 4.64. The molecule has 0 fully saturated rings. The largest absolute Gasteiger partial charge is 0.507 e. The van der Waals surface area contributed by atoms with Crippen LogP contribution in [0.1, 0.15) is 19.4 Å². The molecule has 0 saturated heterocycles. The van der Waals surface area contributed by atoms with E-state index in [1.807, 2.05) is 43.3 Å². The highest BCUT2D eigenvalue weighted by atomic mass is 16.5. The van der Waals surface area contributed by atoms with Gasteiger partial charge in [0.05, 0.1) is 18.5 Å². The van der Waals surface area contributed by atoms with Crippen molar-refractivity contribution in [1.82, 2.24) is 10.2 Å². The lowest BCUT2D eigenvalue weighted by atomic mass is 9.98. The first-order valence-corrected chi connectivity index (χ1v) is 7.82. The lowest BCUT2D eigenvalue weighted by molar-refractivity contribution is 0.334. The Morgan fingerprint density at radius 3 is 2.57 bits per heavy atom. The zero-order valence-electron chi connectivity index (χ0n) is 13.3. The van der Waals surface area contributed by atoms with Crippen LogP contribution in [0, 0.1) is 0 Å². The molecule has 0 bridgehead atoms. The molecule has 1 aromatic heterocycles. The van der Waals surface area contributed by atoms with Gasteiger partial charge >= 0.3 is 0 Å². The smallest absolute Gasteiger partial charge is 0.128 e. The third-order valence-corrected chi connectivity index (χ3v) is 3.85. The minimum Gasteiger partial charge on any atom is -0.507 e. The van der Waals surface area contributed by atoms with Gasteiger partial charge in [0.2, 0.25) is 0 Å². The Kier molecular flexibility index (Phi) is 4.33. The monoisotopic (exact) mass is 308 g/mol. The van der Waals surface area contributed by atoms with Gasteiger partial charge in [-0.05, 0) is 30.5 Å². The van der Waals surface area contributed by atoms with E-state index in [-0.39, 0.29) is 5.75 Å². The molecule has 3 rings (SSSR count). The summed E-state index contributed by atoms with van der Waals surface area (Å²) in [6.45, 7) is 4.58. The zero-order chi connectivity index (χ0) is 16.2. The van der Waals surface area contributed by atoms with Gasteiger partial charge in [0.15, 0.2) is 0 Å². The molecule has 0 spiro atoms. The van der Waals surface area contributed by atoms with Crippen LogP contribution in [0.15, 0.2) is 48.7 Å². The van der Waals surface area contributed by atoms with Gasteiger partial charge in [-0.1, -0.05) is 37.3 Å². The standard InChI is InChI=1S/C19H20N2O2/c1-3-13-10-15(17(22)11-18(13)23-4-2)19-16(12-20-21-19)14-8-6-5-7-9-14/h5-12,22H,3-4H2,1-2H3,(H,20,21). The van der Waals surface area contributed by atoms with Crippen LogP contribution >= 0.6 is 0 Å². The number of aryl methyl sites for hydroxylation is 1. The van der Waals surface area contributed by atoms with E-state index in [0.717, 1.165) is 40.1 Å². The van der Waals surface area contributed by atoms with Crippen LogP contribution in [0.3, 0.4) is 0 Å². The van der Waals surface area contributed by atoms with Crippen molar-refractivity contribution in [3.05, 3.63) is 54.2 Å². The van der Waals surface area contributed by atoms with Gasteiger partial charge in [-0.15, -0.1) is 0 Å². The van der Waals surface area contributed by atoms with Gasteiger partial charge in [-0.25, -0.2) is 0 Å². The van der Waals surface area contributed by atoms with Crippen molar-refractivity contribution in [3.8, 4) is 33.9 Å². The number of hydrogen-bond acceptors (Lipinski definition) is 3. The van der Waals surface area contributed by atoms with E-state index in [0.29, 0.717) is 6.61 Å². The van der Waals surface area contributed by atoms with Crippen molar-refractivity contribution < 1.29 is 9.84 Å². The Bertz CT molecular complexity index is 794. The highest BCUT2D eigenvalue weighted by molar-refractivity contribution is 5.83. The van der Waals surface area contributed by atoms with Crippen molar-refractivity contribution in [3.63, 3.8) is 0 Å². The molecule has 0 radical (unpaired) electrons. The molecule has 4 heteroatoms. The van der Waals surface area contributed by atoms with Crippen LogP contribution < -0.4 is 4.74 Å². The summed E-state index contributed by atoms with van der Waals surface area (Å²) < 4.78 is 5.61. The van der Waals surface area contributed by atoms with Crippen LogP contribution in [0.5, 0.6) is 11.5 Å². The number of benzene rings is 2. The number of nitrogens with zero attached hydrogens (tertiary/aromatic N) is 1. The van der Waals surface area contributed by atoms with E-state index in [9.17, 15) is 5.11 Å². The summed E-state index contributed by atoms with van der Waals surface area (Å²) in [6, 6.07) is 13.7. The summed E-state index contributed by atoms with van der Waals surface area (Å²) in [5, 5.41) is 17.6. The van der Waals surface area contributed by atoms with Crippen molar-refractivity contribution >= 4 is 0 Å². The number of H-pyrrole nitrogens is 1. The Hall–Kier alpha value is -2.75. The molecule has 0 aliphatic rings. The second kappa shape index (κ2) is 6.57. The minimum absolute atomic E-state index is 0.187. The first-order chi connectivity index (χ1) is 11.2. The van der Waals surface area contributed by atoms with E-state index in [2.05, 4.69) is 17.1 Å².